The first-order chi connectivity index (χ1) is 29.6. The minimum Gasteiger partial charge on any atom is -0.386 e. The van der Waals surface area contributed by atoms with Gasteiger partial charge in [-0.15, -0.1) is 0 Å². The summed E-state index contributed by atoms with van der Waals surface area (Å²) in [6, 6.07) is 0. The number of amides is 2. The topological polar surface area (TPSA) is 364 Å². The molecule has 63 heavy (non-hydrogen) atoms. The van der Waals surface area contributed by atoms with Crippen LogP contribution in [0.15, 0.2) is 37.0 Å². The Labute approximate surface area is 368 Å². The van der Waals surface area contributed by atoms with Crippen LogP contribution >= 0.6 is 35.2 Å². The van der Waals surface area contributed by atoms with E-state index in [1.165, 1.54) is 39.5 Å². The molecule has 3 rings (SSSR count). The second kappa shape index (κ2) is 25.7. The van der Waals surface area contributed by atoms with Gasteiger partial charge in [-0.05, 0) is 25.7 Å². The van der Waals surface area contributed by atoms with Crippen LogP contribution in [0.3, 0.4) is 0 Å². The predicted octanol–water partition coefficient (Wildman–Crippen LogP) is 2.92. The number of rotatable bonds is 29. The van der Waals surface area contributed by atoms with Crippen molar-refractivity contribution in [1.29, 1.82) is 0 Å². The van der Waals surface area contributed by atoms with Crippen molar-refractivity contribution in [2.45, 2.75) is 109 Å². The number of hydrogen-bond donors (Lipinski definition) is 9. The first-order valence-corrected chi connectivity index (χ1v) is 25.4. The number of nitrogens with two attached hydrogens (primary N) is 1. The number of aliphatic hydroxyl groups excluding tert-OH is 2. The SMILES string of the molecule is CCCCCC/C=C/C=C\CCCC(=O)SCCNC(=O)CCNC(=O)[C@H](O)C(C)(C)COP(=O)(O)OP(=O)(O)OC[C@H]1O[C@@H](n2cnc3c(N)ncnc32)[C@H](O)[C@@H]1OP(=O)(O)O. The fourth-order valence-electron chi connectivity index (χ4n) is 5.77. The number of hydrogen-bond acceptors (Lipinski definition) is 18. The van der Waals surface area contributed by atoms with Crippen LogP contribution in [0, 0.1) is 5.41 Å². The van der Waals surface area contributed by atoms with Gasteiger partial charge < -0.3 is 50.9 Å². The molecule has 2 aromatic rings. The lowest BCUT2D eigenvalue weighted by Crippen LogP contribution is -2.46. The molecular formula is C35H58N7O17P3S. The zero-order valence-corrected chi connectivity index (χ0v) is 38.5. The first kappa shape index (κ1) is 54.4. The van der Waals surface area contributed by atoms with Gasteiger partial charge in [-0.2, -0.15) is 4.31 Å². The third kappa shape index (κ3) is 19.2. The molecule has 1 saturated heterocycles. The van der Waals surface area contributed by atoms with Crippen molar-refractivity contribution in [3.8, 4) is 0 Å². The van der Waals surface area contributed by atoms with Gasteiger partial charge in [0.25, 0.3) is 0 Å². The molecule has 0 radical (unpaired) electrons. The Morgan fingerprint density at radius 3 is 2.33 bits per heavy atom. The van der Waals surface area contributed by atoms with Crippen molar-refractivity contribution in [1.82, 2.24) is 30.2 Å². The lowest BCUT2D eigenvalue weighted by atomic mass is 9.87. The number of nitrogens with one attached hydrogen (secondary N) is 2. The van der Waals surface area contributed by atoms with E-state index in [1.807, 2.05) is 18.2 Å². The van der Waals surface area contributed by atoms with E-state index < -0.39 is 84.6 Å². The molecule has 10 N–H and O–H groups in total. The number of aromatic nitrogens is 4. The van der Waals surface area contributed by atoms with Crippen LogP contribution in [0.25, 0.3) is 11.2 Å². The Bertz CT molecular complexity index is 2020. The number of nitrogen functional groups attached to an aromatic ring is 1. The molecule has 2 unspecified atom stereocenters. The van der Waals surface area contributed by atoms with Gasteiger partial charge in [0.1, 0.15) is 36.3 Å². The maximum atomic E-state index is 12.7. The second-order valence-electron chi connectivity index (χ2n) is 14.9. The number of phosphoric ester groups is 3. The van der Waals surface area contributed by atoms with E-state index in [0.29, 0.717) is 12.2 Å². The van der Waals surface area contributed by atoms with E-state index in [-0.39, 0.29) is 41.6 Å². The van der Waals surface area contributed by atoms with Gasteiger partial charge in [0.15, 0.2) is 22.8 Å². The zero-order chi connectivity index (χ0) is 46.8. The van der Waals surface area contributed by atoms with Crippen LogP contribution in [-0.4, -0.2) is 123 Å². The normalized spacial score (nSPS) is 20.8. The summed E-state index contributed by atoms with van der Waals surface area (Å²) in [4.78, 5) is 88.1. The fourth-order valence-corrected chi connectivity index (χ4v) is 9.32. The van der Waals surface area contributed by atoms with Crippen molar-refractivity contribution in [3.63, 3.8) is 0 Å². The summed E-state index contributed by atoms with van der Waals surface area (Å²) in [5.74, 6) is -1.08. The Balaban J connectivity index is 1.37. The third-order valence-electron chi connectivity index (χ3n) is 9.12. The first-order valence-electron chi connectivity index (χ1n) is 19.9. The van der Waals surface area contributed by atoms with E-state index in [4.69, 9.17) is 19.5 Å². The minimum atomic E-state index is -5.58. The molecule has 1 aliphatic heterocycles. The van der Waals surface area contributed by atoms with Crippen molar-refractivity contribution in [2.24, 2.45) is 5.41 Å². The average molecular weight is 974 g/mol. The van der Waals surface area contributed by atoms with Gasteiger partial charge in [-0.3, -0.25) is 32.5 Å². The van der Waals surface area contributed by atoms with E-state index in [2.05, 4.69) is 47.4 Å². The summed E-state index contributed by atoms with van der Waals surface area (Å²) < 4.78 is 62.3. The van der Waals surface area contributed by atoms with Crippen LogP contribution in [0.1, 0.15) is 84.8 Å². The van der Waals surface area contributed by atoms with E-state index in [9.17, 15) is 57.9 Å². The molecule has 1 aliphatic rings. The number of thioether (sulfide) groups is 1. The molecule has 28 heteroatoms. The Hall–Kier alpha value is -2.96. The molecule has 2 aromatic heterocycles. The van der Waals surface area contributed by atoms with E-state index >= 15 is 0 Å². The quantitative estimate of drug-likeness (QED) is 0.0321. The van der Waals surface area contributed by atoms with Crippen LogP contribution in [0.4, 0.5) is 5.82 Å². The zero-order valence-electron chi connectivity index (χ0n) is 35.0. The molecule has 24 nitrogen and oxygen atoms in total. The lowest BCUT2D eigenvalue weighted by molar-refractivity contribution is -0.137. The molecule has 3 heterocycles. The van der Waals surface area contributed by atoms with Crippen LogP contribution in [0.2, 0.25) is 0 Å². The van der Waals surface area contributed by atoms with Crippen LogP contribution in [0.5, 0.6) is 0 Å². The highest BCUT2D eigenvalue weighted by molar-refractivity contribution is 8.13. The Morgan fingerprint density at radius 2 is 1.65 bits per heavy atom. The molecule has 0 aliphatic carbocycles. The third-order valence-corrected chi connectivity index (χ3v) is 13.2. The number of anilines is 1. The Morgan fingerprint density at radius 1 is 0.968 bits per heavy atom. The molecule has 0 bridgehead atoms. The number of ether oxygens (including phenoxy) is 1. The fraction of sp³-hybridized carbons (Fsp3) is 0.657. The predicted molar refractivity (Wildman–Crippen MR) is 228 cm³/mol. The number of imidazole rings is 1. The van der Waals surface area contributed by atoms with Gasteiger partial charge in [0.05, 0.1) is 19.5 Å². The van der Waals surface area contributed by atoms with Gasteiger partial charge in [-0.25, -0.2) is 28.6 Å². The molecule has 1 fully saturated rings. The maximum Gasteiger partial charge on any atom is 0.481 e. The summed E-state index contributed by atoms with van der Waals surface area (Å²) in [5.41, 5.74) is 4.27. The summed E-state index contributed by atoms with van der Waals surface area (Å²) in [6.07, 6.45) is 9.15. The molecular weight excluding hydrogens is 915 g/mol. The number of unbranched alkanes of at least 4 members (excludes halogenated alkanes) is 5. The highest BCUT2D eigenvalue weighted by Crippen LogP contribution is 2.61. The van der Waals surface area contributed by atoms with Crippen molar-refractivity contribution in [2.75, 3.05) is 37.8 Å². The number of carbonyl (C=O) groups excluding carboxylic acids is 3. The van der Waals surface area contributed by atoms with Crippen molar-refractivity contribution >= 4 is 69.1 Å². The summed E-state index contributed by atoms with van der Waals surface area (Å²) in [6.45, 7) is 2.70. The van der Waals surface area contributed by atoms with Crippen LogP contribution < -0.4 is 16.4 Å². The summed E-state index contributed by atoms with van der Waals surface area (Å²) in [7, 11) is -16.4. The molecule has 7 atom stereocenters. The molecule has 0 aromatic carbocycles. The largest absolute Gasteiger partial charge is 0.481 e. The Kier molecular flexibility index (Phi) is 22.1. The van der Waals surface area contributed by atoms with Gasteiger partial charge in [0.2, 0.25) is 11.8 Å². The monoisotopic (exact) mass is 973 g/mol. The second-order valence-corrected chi connectivity index (χ2v) is 20.3. The average Bonchev–Trinajstić information content (AvgIpc) is 3.76. The number of fused-ring (bicyclic) bond motifs is 1. The molecule has 0 saturated carbocycles. The van der Waals surface area contributed by atoms with Gasteiger partial charge in [0, 0.05) is 37.1 Å². The van der Waals surface area contributed by atoms with E-state index in [1.54, 1.807) is 0 Å². The maximum absolute atomic E-state index is 12.7. The lowest BCUT2D eigenvalue weighted by Gasteiger charge is -2.30. The molecule has 2 amide bonds. The number of aliphatic hydroxyl groups is 2. The van der Waals surface area contributed by atoms with Gasteiger partial charge >= 0.3 is 23.5 Å². The highest BCUT2D eigenvalue weighted by Gasteiger charge is 2.50. The standard InChI is InChI=1S/C35H58N7O17P3S/c1-4-5-6-7-8-9-10-11-12-13-14-15-26(44)63-19-18-37-25(43)16-17-38-33(47)30(46)35(2,3)21-56-62(53,54)59-61(51,52)55-20-24-29(58-60(48,49)50)28(45)34(57-24)42-23-41-27-31(36)39-22-40-32(27)42/h9-12,22-24,28-30,34,45-46H,4-8,13-21H2,1-3H3,(H,37,43)(H,38,47)(H,51,52)(H,53,54)(H2,36,39,40)(H2,48,49,50)/b10-9+,12-11-/t24-,28-,29-,30+,34-/m1/s1. The number of carbonyl (C=O) groups is 3. The van der Waals surface area contributed by atoms with Crippen molar-refractivity contribution in [3.05, 3.63) is 37.0 Å². The number of allylic oxidation sites excluding steroid dienone is 4. The van der Waals surface area contributed by atoms with Crippen LogP contribution in [-0.2, 0) is 50.7 Å². The highest BCUT2D eigenvalue weighted by atomic mass is 32.2. The summed E-state index contributed by atoms with van der Waals surface area (Å²) >= 11 is 1.11. The smallest absolute Gasteiger partial charge is 0.386 e. The van der Waals surface area contributed by atoms with Gasteiger partial charge in [-0.1, -0.05) is 76.1 Å². The van der Waals surface area contributed by atoms with E-state index in [0.717, 1.165) is 48.2 Å². The summed E-state index contributed by atoms with van der Waals surface area (Å²) in [5, 5.41) is 26.5. The minimum absolute atomic E-state index is 0.0149. The number of nitrogens with zero attached hydrogens (tertiary/aromatic N) is 4. The van der Waals surface area contributed by atoms with Crippen molar-refractivity contribution < 1.29 is 80.5 Å². The molecule has 356 valence electrons. The number of phosphoric acid groups is 3. The molecule has 0 spiro atoms.